The molecular weight excluding hydrogens is 385 g/mol. The van der Waals surface area contributed by atoms with Crippen molar-refractivity contribution >= 4 is 34.7 Å². The maximum atomic E-state index is 13.5. The predicted octanol–water partition coefficient (Wildman–Crippen LogP) is 5.36. The molecule has 3 nitrogen and oxygen atoms in total. The van der Waals surface area contributed by atoms with Crippen molar-refractivity contribution in [3.63, 3.8) is 0 Å². The first-order valence-corrected chi connectivity index (χ1v) is 8.59. The fourth-order valence-corrected chi connectivity index (χ4v) is 3.05. The summed E-state index contributed by atoms with van der Waals surface area (Å²) in [5.74, 6) is 1.07. The molecular formula is C18H14ClF3N2OS. The smallest absolute Gasteiger partial charge is 0.417 e. The van der Waals surface area contributed by atoms with Gasteiger partial charge in [0.15, 0.2) is 0 Å². The predicted molar refractivity (Wildman–Crippen MR) is 98.4 cm³/mol. The molecule has 2 aromatic rings. The molecule has 3 rings (SSSR count). The first-order chi connectivity index (χ1) is 12.4. The Morgan fingerprint density at radius 2 is 1.92 bits per heavy atom. The number of isothiocyanates is 1. The highest BCUT2D eigenvalue weighted by Gasteiger charge is 2.35. The van der Waals surface area contributed by atoms with Crippen LogP contribution in [-0.2, 0) is 6.18 Å². The van der Waals surface area contributed by atoms with Crippen molar-refractivity contribution in [3.05, 3.63) is 47.0 Å². The maximum absolute atomic E-state index is 13.5. The van der Waals surface area contributed by atoms with Crippen LogP contribution in [0.1, 0.15) is 5.56 Å². The van der Waals surface area contributed by atoms with E-state index in [1.165, 1.54) is 6.07 Å². The number of hydrogen-bond donors (Lipinski definition) is 1. The van der Waals surface area contributed by atoms with Gasteiger partial charge in [-0.05, 0) is 42.0 Å². The summed E-state index contributed by atoms with van der Waals surface area (Å²) in [7, 11) is 0. The summed E-state index contributed by atoms with van der Waals surface area (Å²) in [4.78, 5) is 3.60. The van der Waals surface area contributed by atoms with Crippen LogP contribution in [-0.4, -0.2) is 24.9 Å². The topological polar surface area (TPSA) is 33.6 Å². The van der Waals surface area contributed by atoms with Crippen LogP contribution in [0.15, 0.2) is 41.4 Å². The summed E-state index contributed by atoms with van der Waals surface area (Å²) < 4.78 is 46.1. The third kappa shape index (κ3) is 4.24. The van der Waals surface area contributed by atoms with E-state index in [2.05, 4.69) is 27.7 Å². The molecule has 1 aliphatic rings. The summed E-state index contributed by atoms with van der Waals surface area (Å²) in [6, 6.07) is 8.65. The van der Waals surface area contributed by atoms with Crippen LogP contribution in [0.3, 0.4) is 0 Å². The van der Waals surface area contributed by atoms with Gasteiger partial charge >= 0.3 is 6.18 Å². The van der Waals surface area contributed by atoms with E-state index in [0.29, 0.717) is 23.8 Å². The Balaban J connectivity index is 1.93. The Morgan fingerprint density at radius 1 is 1.23 bits per heavy atom. The number of hydrogen-bond acceptors (Lipinski definition) is 4. The van der Waals surface area contributed by atoms with Gasteiger partial charge in [-0.15, -0.1) is 0 Å². The largest absolute Gasteiger partial charge is 0.493 e. The number of alkyl halides is 3. The van der Waals surface area contributed by atoms with Gasteiger partial charge in [-0.3, -0.25) is 0 Å². The fraction of sp³-hybridized carbons (Fsp3) is 0.278. The quantitative estimate of drug-likeness (QED) is 0.544. The van der Waals surface area contributed by atoms with E-state index in [0.717, 1.165) is 19.2 Å². The molecule has 0 amide bonds. The zero-order chi connectivity index (χ0) is 18.7. The molecule has 26 heavy (non-hydrogen) atoms. The van der Waals surface area contributed by atoms with Gasteiger partial charge < -0.3 is 10.1 Å². The number of aliphatic imine (C=N–C) groups is 1. The first-order valence-electron chi connectivity index (χ1n) is 7.81. The first kappa shape index (κ1) is 18.9. The Bertz CT molecular complexity index is 845. The second-order valence-electron chi connectivity index (χ2n) is 5.91. The highest BCUT2D eigenvalue weighted by Crippen LogP contribution is 2.43. The molecule has 136 valence electrons. The number of rotatable bonds is 5. The molecule has 0 atom stereocenters. The molecule has 1 fully saturated rings. The average Bonchev–Trinajstić information content (AvgIpc) is 2.53. The van der Waals surface area contributed by atoms with Crippen LogP contribution in [0.2, 0.25) is 5.02 Å². The Morgan fingerprint density at radius 3 is 2.46 bits per heavy atom. The monoisotopic (exact) mass is 398 g/mol. The Labute approximate surface area is 158 Å². The molecule has 0 spiro atoms. The lowest BCUT2D eigenvalue weighted by molar-refractivity contribution is -0.137. The molecule has 1 aliphatic heterocycles. The molecule has 1 N–H and O–H groups in total. The number of ether oxygens (including phenoxy) is 1. The van der Waals surface area contributed by atoms with Crippen molar-refractivity contribution in [1.29, 1.82) is 0 Å². The van der Waals surface area contributed by atoms with E-state index in [-0.39, 0.29) is 16.3 Å². The zero-order valence-electron chi connectivity index (χ0n) is 13.4. The van der Waals surface area contributed by atoms with E-state index < -0.39 is 11.7 Å². The van der Waals surface area contributed by atoms with E-state index in [1.54, 1.807) is 24.3 Å². The minimum absolute atomic E-state index is 0.00939. The fourth-order valence-electron chi connectivity index (χ4n) is 2.62. The van der Waals surface area contributed by atoms with Crippen LogP contribution < -0.4 is 10.1 Å². The van der Waals surface area contributed by atoms with Crippen LogP contribution in [0.4, 0.5) is 18.9 Å². The minimum Gasteiger partial charge on any atom is -0.493 e. The maximum Gasteiger partial charge on any atom is 0.417 e. The van der Waals surface area contributed by atoms with Gasteiger partial charge in [0, 0.05) is 24.6 Å². The molecule has 2 aromatic carbocycles. The molecule has 0 unspecified atom stereocenters. The number of nitrogens with zero attached hydrogens (tertiary/aromatic N) is 1. The van der Waals surface area contributed by atoms with Crippen molar-refractivity contribution in [2.45, 2.75) is 6.18 Å². The van der Waals surface area contributed by atoms with Gasteiger partial charge in [0.25, 0.3) is 0 Å². The molecule has 0 bridgehead atoms. The van der Waals surface area contributed by atoms with E-state index in [9.17, 15) is 13.2 Å². The highest BCUT2D eigenvalue weighted by atomic mass is 35.5. The summed E-state index contributed by atoms with van der Waals surface area (Å²) in [6.45, 7) is 2.41. The lowest BCUT2D eigenvalue weighted by Crippen LogP contribution is -2.45. The summed E-state index contributed by atoms with van der Waals surface area (Å²) in [5, 5.41) is 5.14. The SMILES string of the molecule is FC(F)(F)c1cc(N=C=S)cc(Cl)c1-c1ccc(OCC2CNC2)cc1. The molecule has 0 aromatic heterocycles. The van der Waals surface area contributed by atoms with E-state index in [4.69, 9.17) is 16.3 Å². The third-order valence-electron chi connectivity index (χ3n) is 4.05. The standard InChI is InChI=1S/C18H14ClF3N2OS/c19-16-6-13(24-10-26)5-15(18(20,21)22)17(16)12-1-3-14(4-2-12)25-9-11-7-23-8-11/h1-6,11,23H,7-9H2. The zero-order valence-corrected chi connectivity index (χ0v) is 15.0. The van der Waals surface area contributed by atoms with E-state index >= 15 is 0 Å². The minimum atomic E-state index is -4.58. The number of benzene rings is 2. The second-order valence-corrected chi connectivity index (χ2v) is 6.50. The third-order valence-corrected chi connectivity index (χ3v) is 4.44. The number of halogens is 4. The highest BCUT2D eigenvalue weighted by molar-refractivity contribution is 7.78. The van der Waals surface area contributed by atoms with Gasteiger partial charge in [0.05, 0.1) is 28.0 Å². The summed E-state index contributed by atoms with van der Waals surface area (Å²) in [5.41, 5.74) is -0.617. The second kappa shape index (κ2) is 7.76. The molecule has 0 saturated carbocycles. The number of nitrogens with one attached hydrogen (secondary N) is 1. The van der Waals surface area contributed by atoms with Gasteiger partial charge in [0.1, 0.15) is 5.75 Å². The van der Waals surface area contributed by atoms with Gasteiger partial charge in [-0.25, -0.2) is 0 Å². The van der Waals surface area contributed by atoms with Gasteiger partial charge in [-0.1, -0.05) is 23.7 Å². The summed E-state index contributed by atoms with van der Waals surface area (Å²) >= 11 is 10.6. The molecule has 0 aliphatic carbocycles. The number of thiocarbonyl (C=S) groups is 1. The van der Waals surface area contributed by atoms with Gasteiger partial charge in [-0.2, -0.15) is 18.2 Å². The lowest BCUT2D eigenvalue weighted by Gasteiger charge is -2.26. The van der Waals surface area contributed by atoms with Crippen molar-refractivity contribution in [3.8, 4) is 16.9 Å². The van der Waals surface area contributed by atoms with E-state index in [1.807, 2.05) is 0 Å². The van der Waals surface area contributed by atoms with Gasteiger partial charge in [0.2, 0.25) is 0 Å². The van der Waals surface area contributed by atoms with Crippen LogP contribution in [0.5, 0.6) is 5.75 Å². The average molecular weight is 399 g/mol. The molecule has 1 heterocycles. The van der Waals surface area contributed by atoms with Crippen molar-refractivity contribution in [1.82, 2.24) is 5.32 Å². The molecule has 8 heteroatoms. The Kier molecular flexibility index (Phi) is 5.63. The van der Waals surface area contributed by atoms with Crippen molar-refractivity contribution in [2.24, 2.45) is 10.9 Å². The van der Waals surface area contributed by atoms with Crippen molar-refractivity contribution < 1.29 is 17.9 Å². The van der Waals surface area contributed by atoms with Crippen LogP contribution in [0.25, 0.3) is 11.1 Å². The molecule has 1 saturated heterocycles. The normalized spacial score (nSPS) is 14.5. The van der Waals surface area contributed by atoms with Crippen molar-refractivity contribution in [2.75, 3.05) is 19.7 Å². The lowest BCUT2D eigenvalue weighted by atomic mass is 9.98. The van der Waals surface area contributed by atoms with Crippen LogP contribution in [0, 0.1) is 5.92 Å². The summed E-state index contributed by atoms with van der Waals surface area (Å²) in [6.07, 6.45) is -4.58. The Hall–Kier alpha value is -1.92. The van der Waals surface area contributed by atoms with Crippen LogP contribution >= 0.6 is 23.8 Å². The molecule has 0 radical (unpaired) electrons.